The zero-order chi connectivity index (χ0) is 17.8. The molecule has 26 heavy (non-hydrogen) atoms. The molecule has 0 atom stereocenters. The van der Waals surface area contributed by atoms with Crippen LogP contribution in [0, 0.1) is 0 Å². The maximum Gasteiger partial charge on any atom is 0.227 e. The van der Waals surface area contributed by atoms with E-state index in [-0.39, 0.29) is 5.91 Å². The molecular formula is C21H21N3OS. The topological polar surface area (TPSA) is 36.4 Å². The Labute approximate surface area is 157 Å². The van der Waals surface area contributed by atoms with Gasteiger partial charge in [0.1, 0.15) is 0 Å². The zero-order valence-corrected chi connectivity index (χ0v) is 15.4. The Morgan fingerprint density at radius 1 is 0.923 bits per heavy atom. The van der Waals surface area contributed by atoms with E-state index < -0.39 is 0 Å². The van der Waals surface area contributed by atoms with E-state index in [1.54, 1.807) is 11.3 Å². The van der Waals surface area contributed by atoms with Gasteiger partial charge >= 0.3 is 0 Å². The molecule has 2 heterocycles. The van der Waals surface area contributed by atoms with Gasteiger partial charge in [-0.2, -0.15) is 0 Å². The Balaban J connectivity index is 1.34. The van der Waals surface area contributed by atoms with Crippen LogP contribution in [0.1, 0.15) is 5.56 Å². The Bertz CT molecular complexity index is 839. The van der Waals surface area contributed by atoms with Gasteiger partial charge in [-0.15, -0.1) is 11.3 Å². The van der Waals surface area contributed by atoms with Crippen LogP contribution in [0.15, 0.2) is 66.2 Å². The average Bonchev–Trinajstić information content (AvgIpc) is 3.24. The van der Waals surface area contributed by atoms with E-state index in [0.29, 0.717) is 6.42 Å². The highest BCUT2D eigenvalue weighted by Crippen LogP contribution is 2.21. The molecular weight excluding hydrogens is 342 g/mol. The van der Waals surface area contributed by atoms with Gasteiger partial charge in [-0.05, 0) is 16.7 Å². The summed E-state index contributed by atoms with van der Waals surface area (Å²) in [4.78, 5) is 21.2. The highest BCUT2D eigenvalue weighted by molar-refractivity contribution is 7.13. The standard InChI is InChI=1S/C21H21N3OS/c25-20(23-11-13-24(14-12-23)21-22-10-15-26-21)16-17-6-8-19(9-7-17)18-4-2-1-3-5-18/h1-10,15H,11-14,16H2. The number of hydrogen-bond acceptors (Lipinski definition) is 4. The number of anilines is 1. The van der Waals surface area contributed by atoms with E-state index in [1.807, 2.05) is 34.7 Å². The van der Waals surface area contributed by atoms with Crippen molar-refractivity contribution in [2.45, 2.75) is 6.42 Å². The molecule has 0 N–H and O–H groups in total. The summed E-state index contributed by atoms with van der Waals surface area (Å²) in [6, 6.07) is 18.6. The van der Waals surface area contributed by atoms with E-state index in [4.69, 9.17) is 0 Å². The Morgan fingerprint density at radius 2 is 1.62 bits per heavy atom. The molecule has 1 aliphatic rings. The van der Waals surface area contributed by atoms with Gasteiger partial charge in [-0.3, -0.25) is 4.79 Å². The molecule has 2 aromatic carbocycles. The Kier molecular flexibility index (Phi) is 4.97. The fourth-order valence-corrected chi connectivity index (χ4v) is 3.95. The molecule has 0 unspecified atom stereocenters. The normalized spacial score (nSPS) is 14.5. The van der Waals surface area contributed by atoms with E-state index in [9.17, 15) is 4.79 Å². The molecule has 0 aliphatic carbocycles. The van der Waals surface area contributed by atoms with Crippen molar-refractivity contribution < 1.29 is 4.79 Å². The molecule has 4 nitrogen and oxygen atoms in total. The summed E-state index contributed by atoms with van der Waals surface area (Å²) >= 11 is 1.65. The van der Waals surface area contributed by atoms with Gasteiger partial charge in [0, 0.05) is 37.8 Å². The molecule has 132 valence electrons. The van der Waals surface area contributed by atoms with Crippen molar-refractivity contribution >= 4 is 22.4 Å². The number of hydrogen-bond donors (Lipinski definition) is 0. The predicted molar refractivity (Wildman–Crippen MR) is 106 cm³/mol. The van der Waals surface area contributed by atoms with Crippen molar-refractivity contribution in [3.8, 4) is 11.1 Å². The second-order valence-corrected chi connectivity index (χ2v) is 7.30. The van der Waals surface area contributed by atoms with Crippen LogP contribution < -0.4 is 4.90 Å². The Hall–Kier alpha value is -2.66. The van der Waals surface area contributed by atoms with Crippen LogP contribution in [0.5, 0.6) is 0 Å². The van der Waals surface area contributed by atoms with Crippen molar-refractivity contribution in [1.29, 1.82) is 0 Å². The number of nitrogens with zero attached hydrogens (tertiary/aromatic N) is 3. The van der Waals surface area contributed by atoms with Gasteiger partial charge in [0.2, 0.25) is 5.91 Å². The van der Waals surface area contributed by atoms with Crippen LogP contribution in [-0.4, -0.2) is 42.0 Å². The lowest BCUT2D eigenvalue weighted by molar-refractivity contribution is -0.130. The van der Waals surface area contributed by atoms with Crippen LogP contribution in [-0.2, 0) is 11.2 Å². The lowest BCUT2D eigenvalue weighted by Crippen LogP contribution is -2.49. The lowest BCUT2D eigenvalue weighted by atomic mass is 10.0. The molecule has 0 bridgehead atoms. The van der Waals surface area contributed by atoms with Gasteiger partial charge in [0.05, 0.1) is 6.42 Å². The van der Waals surface area contributed by atoms with Crippen LogP contribution in [0.25, 0.3) is 11.1 Å². The Morgan fingerprint density at radius 3 is 2.27 bits per heavy atom. The number of aromatic nitrogens is 1. The SMILES string of the molecule is O=C(Cc1ccc(-c2ccccc2)cc1)N1CCN(c2nccs2)CC1. The summed E-state index contributed by atoms with van der Waals surface area (Å²) < 4.78 is 0. The van der Waals surface area contributed by atoms with Gasteiger partial charge in [0.25, 0.3) is 0 Å². The smallest absolute Gasteiger partial charge is 0.227 e. The summed E-state index contributed by atoms with van der Waals surface area (Å²) in [5, 5.41) is 3.04. The number of thiazole rings is 1. The maximum atomic E-state index is 12.6. The van der Waals surface area contributed by atoms with E-state index in [0.717, 1.165) is 36.9 Å². The van der Waals surface area contributed by atoms with E-state index >= 15 is 0 Å². The van der Waals surface area contributed by atoms with Crippen LogP contribution >= 0.6 is 11.3 Å². The van der Waals surface area contributed by atoms with Crippen molar-refractivity contribution in [3.63, 3.8) is 0 Å². The fourth-order valence-electron chi connectivity index (χ4n) is 3.25. The first-order chi connectivity index (χ1) is 12.8. The number of carbonyl (C=O) groups excluding carboxylic acids is 1. The highest BCUT2D eigenvalue weighted by atomic mass is 32.1. The molecule has 0 radical (unpaired) electrons. The minimum atomic E-state index is 0.205. The molecule has 5 heteroatoms. The monoisotopic (exact) mass is 363 g/mol. The third-order valence-electron chi connectivity index (χ3n) is 4.74. The summed E-state index contributed by atoms with van der Waals surface area (Å²) in [6.45, 7) is 3.24. The van der Waals surface area contributed by atoms with E-state index in [1.165, 1.54) is 11.1 Å². The minimum Gasteiger partial charge on any atom is -0.345 e. The number of rotatable bonds is 4. The number of piperazine rings is 1. The minimum absolute atomic E-state index is 0.205. The molecule has 1 aliphatic heterocycles. The van der Waals surface area contributed by atoms with Gasteiger partial charge in [-0.25, -0.2) is 4.98 Å². The molecule has 0 saturated carbocycles. The summed E-state index contributed by atoms with van der Waals surface area (Å²) in [5.74, 6) is 0.205. The fraction of sp³-hybridized carbons (Fsp3) is 0.238. The van der Waals surface area contributed by atoms with Crippen molar-refractivity contribution in [2.75, 3.05) is 31.1 Å². The molecule has 4 rings (SSSR count). The molecule has 1 aromatic heterocycles. The van der Waals surface area contributed by atoms with Crippen LogP contribution in [0.3, 0.4) is 0 Å². The van der Waals surface area contributed by atoms with Crippen molar-refractivity contribution in [3.05, 3.63) is 71.7 Å². The molecule has 1 fully saturated rings. The zero-order valence-electron chi connectivity index (χ0n) is 14.5. The third kappa shape index (κ3) is 3.78. The molecule has 0 spiro atoms. The second kappa shape index (κ2) is 7.70. The molecule has 1 saturated heterocycles. The number of carbonyl (C=O) groups is 1. The maximum absolute atomic E-state index is 12.6. The lowest BCUT2D eigenvalue weighted by Gasteiger charge is -2.34. The number of benzene rings is 2. The summed E-state index contributed by atoms with van der Waals surface area (Å²) in [5.41, 5.74) is 3.44. The third-order valence-corrected chi connectivity index (χ3v) is 5.57. The van der Waals surface area contributed by atoms with Crippen LogP contribution in [0.2, 0.25) is 0 Å². The number of amides is 1. The first-order valence-electron chi connectivity index (χ1n) is 8.86. The van der Waals surface area contributed by atoms with Crippen molar-refractivity contribution in [1.82, 2.24) is 9.88 Å². The molecule has 3 aromatic rings. The van der Waals surface area contributed by atoms with Crippen molar-refractivity contribution in [2.24, 2.45) is 0 Å². The average molecular weight is 363 g/mol. The first-order valence-corrected chi connectivity index (χ1v) is 9.74. The van der Waals surface area contributed by atoms with E-state index in [2.05, 4.69) is 46.3 Å². The summed E-state index contributed by atoms with van der Waals surface area (Å²) in [7, 11) is 0. The van der Waals surface area contributed by atoms with Gasteiger partial charge < -0.3 is 9.80 Å². The summed E-state index contributed by atoms with van der Waals surface area (Å²) in [6.07, 6.45) is 2.29. The second-order valence-electron chi connectivity index (χ2n) is 6.42. The molecule has 1 amide bonds. The largest absolute Gasteiger partial charge is 0.345 e. The van der Waals surface area contributed by atoms with Gasteiger partial charge in [-0.1, -0.05) is 54.6 Å². The first kappa shape index (κ1) is 16.8. The quantitative estimate of drug-likeness (QED) is 0.709. The van der Waals surface area contributed by atoms with Crippen LogP contribution in [0.4, 0.5) is 5.13 Å². The van der Waals surface area contributed by atoms with Gasteiger partial charge in [0.15, 0.2) is 5.13 Å². The predicted octanol–water partition coefficient (Wildman–Crippen LogP) is 3.70. The highest BCUT2D eigenvalue weighted by Gasteiger charge is 2.22.